The minimum Gasteiger partial charge on any atom is -0.370 e. The lowest BCUT2D eigenvalue weighted by Gasteiger charge is -2.40. The average Bonchev–Trinajstić information content (AvgIpc) is 2.61. The van der Waals surface area contributed by atoms with Gasteiger partial charge in [0.15, 0.2) is 0 Å². The molecule has 0 amide bonds. The van der Waals surface area contributed by atoms with E-state index < -0.39 is 10.0 Å². The summed E-state index contributed by atoms with van der Waals surface area (Å²) in [6, 6.07) is 10.7. The summed E-state index contributed by atoms with van der Waals surface area (Å²) >= 11 is 5.90. The number of sulfonamides is 1. The van der Waals surface area contributed by atoms with E-state index in [9.17, 15) is 8.42 Å². The van der Waals surface area contributed by atoms with Crippen molar-refractivity contribution in [2.24, 2.45) is 0 Å². The lowest BCUT2D eigenvalue weighted by Crippen LogP contribution is -2.52. The lowest BCUT2D eigenvalue weighted by molar-refractivity contribution is 0.351. The highest BCUT2D eigenvalue weighted by molar-refractivity contribution is 7.89. The SMILES string of the molecule is Cc1cc(C)c(N(C)[C@H]2CCCC[C@H]2NS(=O)(=O)c2ccc(Cl)cc2)c(C)c1. The van der Waals surface area contributed by atoms with Crippen molar-refractivity contribution in [2.75, 3.05) is 11.9 Å². The first-order chi connectivity index (χ1) is 13.2. The maximum atomic E-state index is 12.9. The number of aryl methyl sites for hydroxylation is 3. The van der Waals surface area contributed by atoms with Crippen molar-refractivity contribution in [3.8, 4) is 0 Å². The first-order valence-corrected chi connectivity index (χ1v) is 11.6. The van der Waals surface area contributed by atoms with Gasteiger partial charge in [-0.25, -0.2) is 13.1 Å². The van der Waals surface area contributed by atoms with Gasteiger partial charge in [-0.1, -0.05) is 42.1 Å². The molecule has 0 aromatic heterocycles. The summed E-state index contributed by atoms with van der Waals surface area (Å²) in [6.45, 7) is 6.36. The van der Waals surface area contributed by atoms with E-state index in [1.807, 2.05) is 0 Å². The quantitative estimate of drug-likeness (QED) is 0.741. The van der Waals surface area contributed by atoms with E-state index in [1.165, 1.54) is 22.4 Å². The normalized spacial score (nSPS) is 20.2. The number of halogens is 1. The first kappa shape index (κ1) is 21.2. The third kappa shape index (κ3) is 4.53. The molecule has 0 spiro atoms. The highest BCUT2D eigenvalue weighted by atomic mass is 35.5. The van der Waals surface area contributed by atoms with E-state index in [4.69, 9.17) is 11.6 Å². The molecule has 3 rings (SSSR count). The van der Waals surface area contributed by atoms with Crippen LogP contribution in [0.2, 0.25) is 5.02 Å². The van der Waals surface area contributed by atoms with Gasteiger partial charge in [-0.3, -0.25) is 0 Å². The van der Waals surface area contributed by atoms with Crippen LogP contribution in [0.1, 0.15) is 42.4 Å². The smallest absolute Gasteiger partial charge is 0.240 e. The molecule has 1 fully saturated rings. The fourth-order valence-corrected chi connectivity index (χ4v) is 5.92. The standard InChI is InChI=1S/C22H29ClN2O2S/c1-15-13-16(2)22(17(3)14-15)25(4)21-8-6-5-7-20(21)24-28(26,27)19-11-9-18(23)10-12-19/h9-14,20-21,24H,5-8H2,1-4H3/t20-,21+/m1/s1. The molecule has 0 saturated heterocycles. The molecule has 0 heterocycles. The molecule has 1 N–H and O–H groups in total. The number of nitrogens with zero attached hydrogens (tertiary/aromatic N) is 1. The van der Waals surface area contributed by atoms with Gasteiger partial charge in [0.05, 0.1) is 4.90 Å². The van der Waals surface area contributed by atoms with Crippen LogP contribution < -0.4 is 9.62 Å². The molecule has 28 heavy (non-hydrogen) atoms. The molecule has 1 aliphatic carbocycles. The molecular formula is C22H29ClN2O2S. The molecule has 0 radical (unpaired) electrons. The topological polar surface area (TPSA) is 49.4 Å². The molecule has 2 atom stereocenters. The van der Waals surface area contributed by atoms with E-state index in [1.54, 1.807) is 24.3 Å². The van der Waals surface area contributed by atoms with E-state index in [-0.39, 0.29) is 17.0 Å². The van der Waals surface area contributed by atoms with Gasteiger partial charge >= 0.3 is 0 Å². The maximum absolute atomic E-state index is 12.9. The molecule has 1 saturated carbocycles. The summed E-state index contributed by atoms with van der Waals surface area (Å²) < 4.78 is 28.8. The Morgan fingerprint density at radius 1 is 1.00 bits per heavy atom. The minimum absolute atomic E-state index is 0.121. The molecule has 0 aliphatic heterocycles. The second-order valence-electron chi connectivity index (χ2n) is 7.89. The summed E-state index contributed by atoms with van der Waals surface area (Å²) in [5, 5.41) is 0.527. The molecule has 0 bridgehead atoms. The number of anilines is 1. The molecule has 4 nitrogen and oxygen atoms in total. The predicted octanol–water partition coefficient (Wildman–Crippen LogP) is 4.99. The van der Waals surface area contributed by atoms with Gasteiger partial charge in [-0.15, -0.1) is 0 Å². The van der Waals surface area contributed by atoms with Crippen molar-refractivity contribution in [2.45, 2.75) is 63.4 Å². The molecule has 6 heteroatoms. The zero-order chi connectivity index (χ0) is 20.5. The van der Waals surface area contributed by atoms with Gasteiger partial charge in [0.1, 0.15) is 0 Å². The molecule has 1 aliphatic rings. The minimum atomic E-state index is -3.59. The van der Waals surface area contributed by atoms with E-state index in [0.29, 0.717) is 5.02 Å². The van der Waals surface area contributed by atoms with Crippen molar-refractivity contribution in [3.05, 3.63) is 58.1 Å². The summed E-state index contributed by atoms with van der Waals surface area (Å²) in [4.78, 5) is 2.53. The number of benzene rings is 2. The van der Waals surface area contributed by atoms with Crippen LogP contribution in [0.5, 0.6) is 0 Å². The largest absolute Gasteiger partial charge is 0.370 e. The highest BCUT2D eigenvalue weighted by Gasteiger charge is 2.33. The summed E-state index contributed by atoms with van der Waals surface area (Å²) in [5.41, 5.74) is 4.90. The maximum Gasteiger partial charge on any atom is 0.240 e. The van der Waals surface area contributed by atoms with Crippen molar-refractivity contribution in [1.29, 1.82) is 0 Å². The predicted molar refractivity (Wildman–Crippen MR) is 117 cm³/mol. The molecule has 0 unspecified atom stereocenters. The van der Waals surface area contributed by atoms with Crippen LogP contribution >= 0.6 is 11.6 Å². The van der Waals surface area contributed by atoms with Gasteiger partial charge in [0.25, 0.3) is 0 Å². The Morgan fingerprint density at radius 3 is 2.18 bits per heavy atom. The van der Waals surface area contributed by atoms with E-state index in [0.717, 1.165) is 25.7 Å². The van der Waals surface area contributed by atoms with Crippen molar-refractivity contribution in [1.82, 2.24) is 4.72 Å². The molecule has 2 aromatic rings. The van der Waals surface area contributed by atoms with Crippen molar-refractivity contribution in [3.63, 3.8) is 0 Å². The Kier molecular flexibility index (Phi) is 6.37. The van der Waals surface area contributed by atoms with Crippen LogP contribution in [0.15, 0.2) is 41.3 Å². The number of hydrogen-bond acceptors (Lipinski definition) is 3. The second-order valence-corrected chi connectivity index (χ2v) is 10.0. The third-order valence-electron chi connectivity index (χ3n) is 5.65. The lowest BCUT2D eigenvalue weighted by atomic mass is 9.89. The van der Waals surface area contributed by atoms with Crippen LogP contribution in [-0.2, 0) is 10.0 Å². The van der Waals surface area contributed by atoms with Gasteiger partial charge < -0.3 is 4.90 Å². The fourth-order valence-electron chi connectivity index (χ4n) is 4.49. The van der Waals surface area contributed by atoms with Gasteiger partial charge in [-0.05, 0) is 69.0 Å². The fraction of sp³-hybridized carbons (Fsp3) is 0.455. The Bertz CT molecular complexity index is 919. The Hall–Kier alpha value is -1.56. The van der Waals surface area contributed by atoms with Crippen LogP contribution in [0.4, 0.5) is 5.69 Å². The zero-order valence-electron chi connectivity index (χ0n) is 17.0. The monoisotopic (exact) mass is 420 g/mol. The number of hydrogen-bond donors (Lipinski definition) is 1. The van der Waals surface area contributed by atoms with Crippen LogP contribution in [0.3, 0.4) is 0 Å². The van der Waals surface area contributed by atoms with Gasteiger partial charge in [-0.2, -0.15) is 0 Å². The van der Waals surface area contributed by atoms with E-state index in [2.05, 4.69) is 49.6 Å². The van der Waals surface area contributed by atoms with E-state index >= 15 is 0 Å². The Labute approximate surface area is 174 Å². The third-order valence-corrected chi connectivity index (χ3v) is 7.40. The number of nitrogens with one attached hydrogen (secondary N) is 1. The van der Waals surface area contributed by atoms with Crippen molar-refractivity contribution >= 4 is 27.3 Å². The molecule has 152 valence electrons. The van der Waals surface area contributed by atoms with Gasteiger partial charge in [0.2, 0.25) is 10.0 Å². The van der Waals surface area contributed by atoms with Crippen LogP contribution in [0.25, 0.3) is 0 Å². The molecular weight excluding hydrogens is 392 g/mol. The summed E-state index contributed by atoms with van der Waals surface area (Å²) in [6.07, 6.45) is 3.95. The first-order valence-electron chi connectivity index (χ1n) is 9.77. The number of rotatable bonds is 5. The van der Waals surface area contributed by atoms with Crippen molar-refractivity contribution < 1.29 is 8.42 Å². The zero-order valence-corrected chi connectivity index (χ0v) is 18.6. The highest BCUT2D eigenvalue weighted by Crippen LogP contribution is 2.32. The second kappa shape index (κ2) is 8.44. The summed E-state index contributed by atoms with van der Waals surface area (Å²) in [7, 11) is -1.50. The summed E-state index contributed by atoms with van der Waals surface area (Å²) in [5.74, 6) is 0. The average molecular weight is 421 g/mol. The Balaban J connectivity index is 1.87. The van der Waals surface area contributed by atoms with Gasteiger partial charge in [0, 0.05) is 29.8 Å². The van der Waals surface area contributed by atoms with Crippen LogP contribution in [-0.4, -0.2) is 27.5 Å². The number of likely N-dealkylation sites (N-methyl/N-ethyl adjacent to an activating group) is 1. The molecule has 2 aromatic carbocycles. The van der Waals surface area contributed by atoms with Crippen LogP contribution in [0, 0.1) is 20.8 Å². The Morgan fingerprint density at radius 2 is 1.57 bits per heavy atom.